The molecule has 0 amide bonds. The van der Waals surface area contributed by atoms with Crippen LogP contribution in [0.3, 0.4) is 0 Å². The topological polar surface area (TPSA) is 68.0 Å². The van der Waals surface area contributed by atoms with Crippen LogP contribution in [0.4, 0.5) is 0 Å². The predicted molar refractivity (Wildman–Crippen MR) is 57.7 cm³/mol. The largest absolute Gasteiger partial charge is 0.481 e. The Hall–Kier alpha value is -1.88. The van der Waals surface area contributed by atoms with Crippen molar-refractivity contribution in [3.8, 4) is 5.82 Å². The summed E-state index contributed by atoms with van der Waals surface area (Å²) in [4.78, 5) is 14.5. The number of halogens is 1. The summed E-state index contributed by atoms with van der Waals surface area (Å²) in [5, 5.41) is 13.0. The molecule has 2 aromatic rings. The van der Waals surface area contributed by atoms with Gasteiger partial charge in [0.25, 0.3) is 0 Å². The van der Waals surface area contributed by atoms with Crippen LogP contribution >= 0.6 is 11.6 Å². The van der Waals surface area contributed by atoms with Gasteiger partial charge in [-0.3, -0.25) is 4.79 Å². The quantitative estimate of drug-likeness (QED) is 0.823. The molecule has 0 radical (unpaired) electrons. The van der Waals surface area contributed by atoms with Gasteiger partial charge in [0.2, 0.25) is 0 Å². The summed E-state index contributed by atoms with van der Waals surface area (Å²) in [5.41, 5.74) is 0.481. The Labute approximate surface area is 96.3 Å². The molecular weight excluding hydrogens is 230 g/mol. The molecule has 2 rings (SSSR count). The number of carboxylic acid groups (broad SMARTS) is 1. The van der Waals surface area contributed by atoms with Crippen LogP contribution in [0.15, 0.2) is 30.5 Å². The molecule has 2 heterocycles. The highest BCUT2D eigenvalue weighted by molar-refractivity contribution is 6.29. The second-order valence-corrected chi connectivity index (χ2v) is 3.53. The molecule has 0 saturated heterocycles. The summed E-state index contributed by atoms with van der Waals surface area (Å²) in [6, 6.07) is 6.79. The Morgan fingerprint density at radius 2 is 2.25 bits per heavy atom. The number of hydrogen-bond acceptors (Lipinski definition) is 3. The summed E-state index contributed by atoms with van der Waals surface area (Å²) in [7, 11) is 0. The van der Waals surface area contributed by atoms with Crippen molar-refractivity contribution in [2.45, 2.75) is 6.42 Å². The minimum Gasteiger partial charge on any atom is -0.481 e. The van der Waals surface area contributed by atoms with Crippen molar-refractivity contribution in [2.75, 3.05) is 0 Å². The van der Waals surface area contributed by atoms with Gasteiger partial charge in [0.1, 0.15) is 5.15 Å². The Balaban J connectivity index is 2.28. The van der Waals surface area contributed by atoms with E-state index in [0.29, 0.717) is 16.7 Å². The normalized spacial score (nSPS) is 10.3. The molecule has 5 nitrogen and oxygen atoms in total. The third kappa shape index (κ3) is 2.38. The minimum atomic E-state index is -0.913. The van der Waals surface area contributed by atoms with E-state index in [2.05, 4.69) is 10.1 Å². The average molecular weight is 238 g/mol. The van der Waals surface area contributed by atoms with E-state index in [0.717, 1.165) is 0 Å². The Morgan fingerprint density at radius 3 is 2.94 bits per heavy atom. The SMILES string of the molecule is O=C(O)Cc1ccn(-c2cccc(Cl)n2)n1. The highest BCUT2D eigenvalue weighted by atomic mass is 35.5. The van der Waals surface area contributed by atoms with Crippen molar-refractivity contribution >= 4 is 17.6 Å². The molecule has 1 N–H and O–H groups in total. The van der Waals surface area contributed by atoms with Gasteiger partial charge in [0.15, 0.2) is 5.82 Å². The second kappa shape index (κ2) is 4.32. The summed E-state index contributed by atoms with van der Waals surface area (Å²) < 4.78 is 1.49. The number of carboxylic acids is 1. The Bertz CT molecular complexity index is 524. The van der Waals surface area contributed by atoms with E-state index in [1.165, 1.54) is 4.68 Å². The maximum absolute atomic E-state index is 10.5. The fraction of sp³-hybridized carbons (Fsp3) is 0.100. The smallest absolute Gasteiger partial charge is 0.309 e. The molecule has 6 heteroatoms. The minimum absolute atomic E-state index is 0.104. The first kappa shape index (κ1) is 10.6. The fourth-order valence-corrected chi connectivity index (χ4v) is 1.42. The monoisotopic (exact) mass is 237 g/mol. The van der Waals surface area contributed by atoms with Crippen molar-refractivity contribution in [3.63, 3.8) is 0 Å². The van der Waals surface area contributed by atoms with Crippen LogP contribution in [0.1, 0.15) is 5.69 Å². The molecule has 0 aliphatic carbocycles. The summed E-state index contributed by atoms with van der Waals surface area (Å²) in [6.45, 7) is 0. The third-order valence-electron chi connectivity index (χ3n) is 1.91. The lowest BCUT2D eigenvalue weighted by Crippen LogP contribution is -2.03. The first-order valence-corrected chi connectivity index (χ1v) is 4.92. The molecule has 0 bridgehead atoms. The van der Waals surface area contributed by atoms with E-state index in [9.17, 15) is 4.79 Å². The van der Waals surface area contributed by atoms with Gasteiger partial charge < -0.3 is 5.11 Å². The van der Waals surface area contributed by atoms with Crippen LogP contribution in [0.25, 0.3) is 5.82 Å². The van der Waals surface area contributed by atoms with Crippen LogP contribution in [0, 0.1) is 0 Å². The van der Waals surface area contributed by atoms with Crippen LogP contribution in [0.5, 0.6) is 0 Å². The van der Waals surface area contributed by atoms with Gasteiger partial charge in [-0.25, -0.2) is 9.67 Å². The molecule has 0 atom stereocenters. The highest BCUT2D eigenvalue weighted by Gasteiger charge is 2.06. The fourth-order valence-electron chi connectivity index (χ4n) is 1.26. The maximum atomic E-state index is 10.5. The van der Waals surface area contributed by atoms with Crippen LogP contribution in [-0.2, 0) is 11.2 Å². The second-order valence-electron chi connectivity index (χ2n) is 3.14. The van der Waals surface area contributed by atoms with Crippen molar-refractivity contribution < 1.29 is 9.90 Å². The first-order chi connectivity index (χ1) is 7.65. The van der Waals surface area contributed by atoms with Crippen molar-refractivity contribution in [1.82, 2.24) is 14.8 Å². The molecule has 0 aliphatic rings. The summed E-state index contributed by atoms with van der Waals surface area (Å²) in [6.07, 6.45) is 1.55. The Morgan fingerprint density at radius 1 is 1.44 bits per heavy atom. The molecular formula is C10H8ClN3O2. The molecule has 0 aromatic carbocycles. The maximum Gasteiger partial charge on any atom is 0.309 e. The van der Waals surface area contributed by atoms with E-state index in [1.807, 2.05) is 0 Å². The van der Waals surface area contributed by atoms with Gasteiger partial charge in [-0.15, -0.1) is 0 Å². The average Bonchev–Trinajstić information content (AvgIpc) is 2.65. The summed E-state index contributed by atoms with van der Waals surface area (Å²) >= 11 is 5.74. The van der Waals surface area contributed by atoms with Gasteiger partial charge in [-0.05, 0) is 18.2 Å². The van der Waals surface area contributed by atoms with Gasteiger partial charge in [0.05, 0.1) is 12.1 Å². The standard InChI is InChI=1S/C10H8ClN3O2/c11-8-2-1-3-9(12-8)14-5-4-7(13-14)6-10(15)16/h1-5H,6H2,(H,15,16). The van der Waals surface area contributed by atoms with Crippen molar-refractivity contribution in [2.24, 2.45) is 0 Å². The molecule has 16 heavy (non-hydrogen) atoms. The van der Waals surface area contributed by atoms with Crippen LogP contribution in [0.2, 0.25) is 5.15 Å². The molecule has 0 unspecified atom stereocenters. The van der Waals surface area contributed by atoms with E-state index >= 15 is 0 Å². The lowest BCUT2D eigenvalue weighted by molar-refractivity contribution is -0.136. The van der Waals surface area contributed by atoms with Crippen LogP contribution in [-0.4, -0.2) is 25.8 Å². The zero-order chi connectivity index (χ0) is 11.5. The lowest BCUT2D eigenvalue weighted by Gasteiger charge is -1.99. The van der Waals surface area contributed by atoms with Crippen molar-refractivity contribution in [1.29, 1.82) is 0 Å². The third-order valence-corrected chi connectivity index (χ3v) is 2.12. The molecule has 0 aliphatic heterocycles. The highest BCUT2D eigenvalue weighted by Crippen LogP contribution is 2.09. The van der Waals surface area contributed by atoms with E-state index in [-0.39, 0.29) is 6.42 Å². The number of rotatable bonds is 3. The zero-order valence-corrected chi connectivity index (χ0v) is 8.92. The molecule has 0 saturated carbocycles. The van der Waals surface area contributed by atoms with E-state index < -0.39 is 5.97 Å². The number of pyridine rings is 1. The summed E-state index contributed by atoms with van der Waals surface area (Å²) in [5.74, 6) is -0.353. The van der Waals surface area contributed by atoms with Gasteiger partial charge >= 0.3 is 5.97 Å². The zero-order valence-electron chi connectivity index (χ0n) is 8.17. The lowest BCUT2D eigenvalue weighted by atomic mass is 10.3. The van der Waals surface area contributed by atoms with Gasteiger partial charge in [0, 0.05) is 6.20 Å². The number of aromatic nitrogens is 3. The molecule has 0 fully saturated rings. The number of carbonyl (C=O) groups is 1. The first-order valence-electron chi connectivity index (χ1n) is 4.54. The molecule has 2 aromatic heterocycles. The van der Waals surface area contributed by atoms with Crippen molar-refractivity contribution in [3.05, 3.63) is 41.3 Å². The van der Waals surface area contributed by atoms with Gasteiger partial charge in [-0.1, -0.05) is 17.7 Å². The number of hydrogen-bond donors (Lipinski definition) is 1. The van der Waals surface area contributed by atoms with Gasteiger partial charge in [-0.2, -0.15) is 5.10 Å². The van der Waals surface area contributed by atoms with E-state index in [4.69, 9.17) is 16.7 Å². The number of aliphatic carboxylic acids is 1. The predicted octanol–water partition coefficient (Wildman–Crippen LogP) is 1.55. The van der Waals surface area contributed by atoms with Crippen LogP contribution < -0.4 is 0 Å². The number of nitrogens with zero attached hydrogens (tertiary/aromatic N) is 3. The molecule has 0 spiro atoms. The van der Waals surface area contributed by atoms with E-state index in [1.54, 1.807) is 30.5 Å². The Kier molecular flexibility index (Phi) is 2.87. The molecule has 82 valence electrons.